The van der Waals surface area contributed by atoms with Crippen LogP contribution in [0.1, 0.15) is 59.9 Å². The fraction of sp³-hybridized carbons (Fsp3) is 0.414. The molecule has 0 amide bonds. The highest BCUT2D eigenvalue weighted by Crippen LogP contribution is 2.44. The van der Waals surface area contributed by atoms with Gasteiger partial charge in [0.05, 0.1) is 6.20 Å². The summed E-state index contributed by atoms with van der Waals surface area (Å²) in [6.07, 6.45) is 10.9. The van der Waals surface area contributed by atoms with Crippen molar-refractivity contribution in [3.63, 3.8) is 0 Å². The molecule has 0 saturated heterocycles. The monoisotopic (exact) mass is 506 g/mol. The lowest BCUT2D eigenvalue weighted by Crippen LogP contribution is -2.26. The van der Waals surface area contributed by atoms with Crippen molar-refractivity contribution in [2.24, 2.45) is 7.05 Å². The SMILES string of the molecule is CSC1CC=C(c2cc3c(c(N4CCCc5cc(-c6cnn(C)c6)c(C(F)F)cc54)c2)CNC3)CC1. The van der Waals surface area contributed by atoms with Crippen LogP contribution in [0, 0.1) is 0 Å². The summed E-state index contributed by atoms with van der Waals surface area (Å²) in [5.74, 6) is 0. The number of hydrogen-bond acceptors (Lipinski definition) is 4. The van der Waals surface area contributed by atoms with E-state index in [1.807, 2.05) is 31.1 Å². The van der Waals surface area contributed by atoms with Crippen molar-refractivity contribution >= 4 is 28.7 Å². The van der Waals surface area contributed by atoms with E-state index in [1.165, 1.54) is 34.4 Å². The van der Waals surface area contributed by atoms with Gasteiger partial charge in [-0.2, -0.15) is 16.9 Å². The van der Waals surface area contributed by atoms with Gasteiger partial charge >= 0.3 is 0 Å². The molecule has 1 atom stereocenters. The van der Waals surface area contributed by atoms with Gasteiger partial charge in [0, 0.05) is 60.6 Å². The van der Waals surface area contributed by atoms with E-state index in [2.05, 4.69) is 39.8 Å². The number of aromatic nitrogens is 2. The van der Waals surface area contributed by atoms with Gasteiger partial charge in [-0.15, -0.1) is 0 Å². The summed E-state index contributed by atoms with van der Waals surface area (Å²) < 4.78 is 30.4. The fourth-order valence-electron chi connectivity index (χ4n) is 6.00. The van der Waals surface area contributed by atoms with Crippen molar-refractivity contribution in [2.45, 2.75) is 56.9 Å². The molecule has 2 aliphatic heterocycles. The summed E-state index contributed by atoms with van der Waals surface area (Å²) in [7, 11) is 1.82. The van der Waals surface area contributed by atoms with Crippen LogP contribution in [0.15, 0.2) is 42.7 Å². The van der Waals surface area contributed by atoms with Gasteiger partial charge < -0.3 is 10.2 Å². The van der Waals surface area contributed by atoms with Crippen molar-refractivity contribution in [1.82, 2.24) is 15.1 Å². The molecule has 3 aliphatic rings. The summed E-state index contributed by atoms with van der Waals surface area (Å²) in [5, 5.41) is 8.45. The number of aryl methyl sites for hydroxylation is 2. The Bertz CT molecular complexity index is 1330. The van der Waals surface area contributed by atoms with Crippen molar-refractivity contribution in [2.75, 3.05) is 17.7 Å². The summed E-state index contributed by atoms with van der Waals surface area (Å²) in [5.41, 5.74) is 10.0. The van der Waals surface area contributed by atoms with Gasteiger partial charge in [0.1, 0.15) is 0 Å². The Morgan fingerprint density at radius 2 is 1.94 bits per heavy atom. The topological polar surface area (TPSA) is 33.1 Å². The van der Waals surface area contributed by atoms with Gasteiger partial charge in [-0.25, -0.2) is 8.78 Å². The number of hydrogen-bond donors (Lipinski definition) is 1. The number of benzene rings is 2. The second kappa shape index (κ2) is 9.67. The second-order valence-corrected chi connectivity index (χ2v) is 11.3. The zero-order valence-corrected chi connectivity index (χ0v) is 21.7. The van der Waals surface area contributed by atoms with Gasteiger partial charge in [-0.1, -0.05) is 6.08 Å². The van der Waals surface area contributed by atoms with Crippen LogP contribution in [0.25, 0.3) is 16.7 Å². The number of nitrogens with zero attached hydrogens (tertiary/aromatic N) is 3. The van der Waals surface area contributed by atoms with Crippen LogP contribution in [0.5, 0.6) is 0 Å². The predicted octanol–water partition coefficient (Wildman–Crippen LogP) is 7.01. The van der Waals surface area contributed by atoms with Gasteiger partial charge in [0.2, 0.25) is 0 Å². The molecule has 1 N–H and O–H groups in total. The molecule has 7 heteroatoms. The number of halogens is 2. The fourth-order valence-corrected chi connectivity index (χ4v) is 6.64. The highest BCUT2D eigenvalue weighted by atomic mass is 32.2. The number of nitrogens with one attached hydrogen (secondary N) is 1. The highest BCUT2D eigenvalue weighted by molar-refractivity contribution is 7.99. The molecular weight excluding hydrogens is 474 g/mol. The van der Waals surface area contributed by atoms with Crippen LogP contribution in [-0.4, -0.2) is 27.8 Å². The Balaban J connectivity index is 1.45. The van der Waals surface area contributed by atoms with E-state index in [4.69, 9.17) is 0 Å². The molecule has 6 rings (SSSR count). The third kappa shape index (κ3) is 4.26. The van der Waals surface area contributed by atoms with E-state index >= 15 is 0 Å². The minimum absolute atomic E-state index is 0.0812. The number of alkyl halides is 2. The molecule has 3 aromatic rings. The highest BCUT2D eigenvalue weighted by Gasteiger charge is 2.28. The van der Waals surface area contributed by atoms with Gasteiger partial charge in [-0.3, -0.25) is 4.68 Å². The van der Waals surface area contributed by atoms with Gasteiger partial charge in [0.15, 0.2) is 0 Å². The van der Waals surface area contributed by atoms with Crippen molar-refractivity contribution in [3.05, 3.63) is 70.6 Å². The summed E-state index contributed by atoms with van der Waals surface area (Å²) in [6.45, 7) is 2.52. The Morgan fingerprint density at radius 1 is 1.06 bits per heavy atom. The number of rotatable bonds is 5. The Morgan fingerprint density at radius 3 is 2.67 bits per heavy atom. The van der Waals surface area contributed by atoms with Crippen LogP contribution < -0.4 is 10.2 Å². The first kappa shape index (κ1) is 23.7. The maximum atomic E-state index is 14.3. The number of thioether (sulfide) groups is 1. The van der Waals surface area contributed by atoms with Crippen LogP contribution >= 0.6 is 11.8 Å². The minimum atomic E-state index is -2.55. The second-order valence-electron chi connectivity index (χ2n) is 10.1. The molecule has 0 spiro atoms. The van der Waals surface area contributed by atoms with E-state index < -0.39 is 6.43 Å². The molecule has 0 saturated carbocycles. The average molecular weight is 507 g/mol. The van der Waals surface area contributed by atoms with Crippen molar-refractivity contribution < 1.29 is 8.78 Å². The third-order valence-corrected chi connectivity index (χ3v) is 9.01. The first-order chi connectivity index (χ1) is 17.5. The summed E-state index contributed by atoms with van der Waals surface area (Å²) in [6, 6.07) is 8.40. The van der Waals surface area contributed by atoms with Crippen LogP contribution in [0.2, 0.25) is 0 Å². The average Bonchev–Trinajstić information content (AvgIpc) is 3.56. The molecule has 1 unspecified atom stereocenters. The first-order valence-corrected chi connectivity index (χ1v) is 14.1. The summed E-state index contributed by atoms with van der Waals surface area (Å²) >= 11 is 1.96. The molecule has 36 heavy (non-hydrogen) atoms. The maximum Gasteiger partial charge on any atom is 0.264 e. The van der Waals surface area contributed by atoms with E-state index in [9.17, 15) is 8.78 Å². The molecule has 0 fully saturated rings. The predicted molar refractivity (Wildman–Crippen MR) is 145 cm³/mol. The lowest BCUT2D eigenvalue weighted by molar-refractivity contribution is 0.152. The van der Waals surface area contributed by atoms with Gasteiger partial charge in [0.25, 0.3) is 6.43 Å². The lowest BCUT2D eigenvalue weighted by atomic mass is 9.89. The smallest absolute Gasteiger partial charge is 0.264 e. The minimum Gasteiger partial charge on any atom is -0.341 e. The molecule has 2 aromatic carbocycles. The standard InChI is InChI=1S/C29H32F2N4S/c1-34-17-22(15-33-34)24-11-19-4-3-9-35(27(19)13-25(24)29(30)31)28-12-20(10-21-14-32-16-26(21)28)18-5-7-23(36-2)8-6-18/h5,10-13,15,17,23,29,32H,3-4,6-9,14,16H2,1-2H3. The molecule has 0 bridgehead atoms. The van der Waals surface area contributed by atoms with Crippen LogP contribution in [0.4, 0.5) is 20.2 Å². The van der Waals surface area contributed by atoms with Crippen molar-refractivity contribution in [3.8, 4) is 11.1 Å². The van der Waals surface area contributed by atoms with E-state index in [0.717, 1.165) is 62.1 Å². The maximum absolute atomic E-state index is 14.3. The van der Waals surface area contributed by atoms with E-state index in [1.54, 1.807) is 16.9 Å². The van der Waals surface area contributed by atoms with Crippen LogP contribution in [-0.2, 0) is 26.6 Å². The summed E-state index contributed by atoms with van der Waals surface area (Å²) in [4.78, 5) is 2.31. The molecule has 3 heterocycles. The first-order valence-electron chi connectivity index (χ1n) is 12.8. The lowest BCUT2D eigenvalue weighted by Gasteiger charge is -2.34. The molecule has 0 radical (unpaired) electrons. The number of anilines is 2. The van der Waals surface area contributed by atoms with Crippen molar-refractivity contribution in [1.29, 1.82) is 0 Å². The molecule has 188 valence electrons. The zero-order chi connectivity index (χ0) is 24.8. The quantitative estimate of drug-likeness (QED) is 0.403. The zero-order valence-electron chi connectivity index (χ0n) is 20.9. The Labute approximate surface area is 215 Å². The largest absolute Gasteiger partial charge is 0.341 e. The third-order valence-electron chi connectivity index (χ3n) is 7.91. The molecule has 4 nitrogen and oxygen atoms in total. The number of allylic oxidation sites excluding steroid dienone is 2. The number of fused-ring (bicyclic) bond motifs is 2. The van der Waals surface area contributed by atoms with Crippen LogP contribution in [0.3, 0.4) is 0 Å². The Hall–Kier alpha value is -2.64. The molecule has 1 aromatic heterocycles. The van der Waals surface area contributed by atoms with Gasteiger partial charge in [-0.05, 0) is 96.0 Å². The Kier molecular flexibility index (Phi) is 6.38. The van der Waals surface area contributed by atoms with E-state index in [-0.39, 0.29) is 5.56 Å². The molecular formula is C29H32F2N4S. The van der Waals surface area contributed by atoms with E-state index in [0.29, 0.717) is 10.8 Å². The molecule has 1 aliphatic carbocycles. The normalized spacial score (nSPS) is 19.4.